The van der Waals surface area contributed by atoms with Crippen LogP contribution in [0.3, 0.4) is 0 Å². The molecule has 0 saturated carbocycles. The van der Waals surface area contributed by atoms with Gasteiger partial charge in [-0.25, -0.2) is 0 Å². The average molecular weight is 344 g/mol. The van der Waals surface area contributed by atoms with Crippen LogP contribution in [0, 0.1) is 0 Å². The van der Waals surface area contributed by atoms with Crippen molar-refractivity contribution in [1.82, 2.24) is 14.2 Å². The average Bonchev–Trinajstić information content (AvgIpc) is 3.25. The molecular formula is C19H28N4O2. The molecule has 2 aromatic rings. The first-order valence-corrected chi connectivity index (χ1v) is 8.78. The topological polar surface area (TPSA) is 40.4 Å². The highest BCUT2D eigenvalue weighted by Gasteiger charge is 2.28. The molecule has 1 atom stereocenters. The van der Waals surface area contributed by atoms with Crippen LogP contribution in [-0.2, 0) is 4.74 Å². The highest BCUT2D eigenvalue weighted by atomic mass is 16.5. The Morgan fingerprint density at radius 3 is 2.68 bits per heavy atom. The van der Waals surface area contributed by atoms with Gasteiger partial charge < -0.3 is 23.8 Å². The standard InChI is InChI=1S/C19H28N4O2/c1-20(2)17-9-10-22(14-17)19(24)15-5-6-16-7-8-18(23(16)13-15)21(3)11-12-25-4/h5-8,13,17H,9-12,14H2,1-4H3/t17-/m1/s1. The first-order valence-electron chi connectivity index (χ1n) is 8.78. The van der Waals surface area contributed by atoms with Gasteiger partial charge in [0.25, 0.3) is 5.91 Å². The molecule has 6 heteroatoms. The number of aromatic nitrogens is 1. The lowest BCUT2D eigenvalue weighted by atomic mass is 10.2. The van der Waals surface area contributed by atoms with Crippen molar-refractivity contribution in [3.05, 3.63) is 36.0 Å². The number of pyridine rings is 1. The Kier molecular flexibility index (Phi) is 5.30. The Balaban J connectivity index is 1.82. The minimum absolute atomic E-state index is 0.116. The molecule has 1 fully saturated rings. The maximum Gasteiger partial charge on any atom is 0.255 e. The molecular weight excluding hydrogens is 316 g/mol. The van der Waals surface area contributed by atoms with Crippen molar-refractivity contribution in [1.29, 1.82) is 0 Å². The molecule has 136 valence electrons. The molecule has 25 heavy (non-hydrogen) atoms. The van der Waals surface area contributed by atoms with E-state index in [1.165, 1.54) is 0 Å². The number of rotatable bonds is 6. The fourth-order valence-corrected chi connectivity index (χ4v) is 3.40. The summed E-state index contributed by atoms with van der Waals surface area (Å²) >= 11 is 0. The van der Waals surface area contributed by atoms with E-state index < -0.39 is 0 Å². The molecule has 3 heterocycles. The van der Waals surface area contributed by atoms with Crippen molar-refractivity contribution >= 4 is 17.2 Å². The second-order valence-electron chi connectivity index (χ2n) is 6.98. The van der Waals surface area contributed by atoms with Gasteiger partial charge in [0.15, 0.2) is 0 Å². The lowest BCUT2D eigenvalue weighted by Crippen LogP contribution is -2.34. The van der Waals surface area contributed by atoms with Crippen LogP contribution in [0.1, 0.15) is 16.8 Å². The number of hydrogen-bond acceptors (Lipinski definition) is 4. The van der Waals surface area contributed by atoms with Crippen LogP contribution < -0.4 is 4.90 Å². The van der Waals surface area contributed by atoms with Gasteiger partial charge >= 0.3 is 0 Å². The first kappa shape index (κ1) is 17.8. The fourth-order valence-electron chi connectivity index (χ4n) is 3.40. The van der Waals surface area contributed by atoms with Crippen molar-refractivity contribution in [3.63, 3.8) is 0 Å². The third-order valence-corrected chi connectivity index (χ3v) is 5.08. The van der Waals surface area contributed by atoms with Gasteiger partial charge in [-0.1, -0.05) is 0 Å². The Morgan fingerprint density at radius 2 is 2.00 bits per heavy atom. The third-order valence-electron chi connectivity index (χ3n) is 5.08. The summed E-state index contributed by atoms with van der Waals surface area (Å²) in [5.41, 5.74) is 1.83. The van der Waals surface area contributed by atoms with Gasteiger partial charge in [0.2, 0.25) is 0 Å². The summed E-state index contributed by atoms with van der Waals surface area (Å²) in [6, 6.07) is 8.55. The number of hydrogen-bond donors (Lipinski definition) is 0. The molecule has 0 unspecified atom stereocenters. The SMILES string of the molecule is COCCN(C)c1ccc2ccc(C(=O)N3CC[C@@H](N(C)C)C3)cn12. The van der Waals surface area contributed by atoms with Crippen LogP contribution in [0.4, 0.5) is 5.82 Å². The molecule has 6 nitrogen and oxygen atoms in total. The number of anilines is 1. The second-order valence-corrected chi connectivity index (χ2v) is 6.98. The number of carbonyl (C=O) groups excluding carboxylic acids is 1. The summed E-state index contributed by atoms with van der Waals surface area (Å²) in [7, 11) is 7.90. The van der Waals surface area contributed by atoms with Gasteiger partial charge in [-0.3, -0.25) is 4.79 Å². The predicted molar refractivity (Wildman–Crippen MR) is 101 cm³/mol. The fraction of sp³-hybridized carbons (Fsp3) is 0.526. The number of likely N-dealkylation sites (N-methyl/N-ethyl adjacent to an activating group) is 2. The van der Waals surface area contributed by atoms with Crippen LogP contribution in [0.2, 0.25) is 0 Å². The van der Waals surface area contributed by atoms with E-state index in [0.29, 0.717) is 12.6 Å². The minimum atomic E-state index is 0.116. The minimum Gasteiger partial charge on any atom is -0.383 e. The van der Waals surface area contributed by atoms with E-state index in [1.807, 2.05) is 30.3 Å². The molecule has 1 aliphatic rings. The van der Waals surface area contributed by atoms with E-state index in [1.54, 1.807) is 7.11 Å². The zero-order valence-electron chi connectivity index (χ0n) is 15.6. The van der Waals surface area contributed by atoms with E-state index in [-0.39, 0.29) is 5.91 Å². The largest absolute Gasteiger partial charge is 0.383 e. The molecule has 1 aliphatic heterocycles. The summed E-state index contributed by atoms with van der Waals surface area (Å²) < 4.78 is 7.25. The van der Waals surface area contributed by atoms with E-state index in [2.05, 4.69) is 40.4 Å². The maximum atomic E-state index is 12.9. The highest BCUT2D eigenvalue weighted by molar-refractivity contribution is 5.94. The maximum absolute atomic E-state index is 12.9. The van der Waals surface area contributed by atoms with Crippen LogP contribution in [-0.4, -0.2) is 80.6 Å². The van der Waals surface area contributed by atoms with Gasteiger partial charge in [-0.15, -0.1) is 0 Å². The Bertz CT molecular complexity index is 740. The lowest BCUT2D eigenvalue weighted by molar-refractivity contribution is 0.0782. The summed E-state index contributed by atoms with van der Waals surface area (Å²) in [5, 5.41) is 0. The lowest BCUT2D eigenvalue weighted by Gasteiger charge is -2.21. The number of carbonyl (C=O) groups is 1. The number of fused-ring (bicyclic) bond motifs is 1. The first-order chi connectivity index (χ1) is 12.0. The molecule has 0 aliphatic carbocycles. The number of ether oxygens (including phenoxy) is 1. The molecule has 1 saturated heterocycles. The van der Waals surface area contributed by atoms with Crippen molar-refractivity contribution in [2.75, 3.05) is 59.4 Å². The molecule has 0 spiro atoms. The van der Waals surface area contributed by atoms with Crippen molar-refractivity contribution < 1.29 is 9.53 Å². The van der Waals surface area contributed by atoms with E-state index in [0.717, 1.165) is 43.0 Å². The molecule has 3 rings (SSSR count). The Hall–Kier alpha value is -2.05. The molecule has 2 aromatic heterocycles. The number of nitrogens with zero attached hydrogens (tertiary/aromatic N) is 4. The van der Waals surface area contributed by atoms with Crippen molar-refractivity contribution in [2.45, 2.75) is 12.5 Å². The normalized spacial score (nSPS) is 17.6. The smallest absolute Gasteiger partial charge is 0.255 e. The van der Waals surface area contributed by atoms with Crippen molar-refractivity contribution in [2.24, 2.45) is 0 Å². The number of methoxy groups -OCH3 is 1. The van der Waals surface area contributed by atoms with Gasteiger partial charge in [-0.2, -0.15) is 0 Å². The molecule has 0 bridgehead atoms. The van der Waals surface area contributed by atoms with Crippen molar-refractivity contribution in [3.8, 4) is 0 Å². The zero-order chi connectivity index (χ0) is 18.0. The number of amides is 1. The van der Waals surface area contributed by atoms with Crippen LogP contribution in [0.25, 0.3) is 5.52 Å². The summed E-state index contributed by atoms with van der Waals surface area (Å²) in [6.45, 7) is 3.10. The third kappa shape index (κ3) is 3.65. The van der Waals surface area contributed by atoms with E-state index in [4.69, 9.17) is 4.74 Å². The Labute approximate surface area is 149 Å². The summed E-state index contributed by atoms with van der Waals surface area (Å²) in [4.78, 5) is 19.2. The van der Waals surface area contributed by atoms with Crippen LogP contribution in [0.5, 0.6) is 0 Å². The molecule has 0 aromatic carbocycles. The number of likely N-dealkylation sites (tertiary alicyclic amines) is 1. The highest BCUT2D eigenvalue weighted by Crippen LogP contribution is 2.21. The summed E-state index contributed by atoms with van der Waals surface area (Å²) in [5.74, 6) is 1.18. The molecule has 1 amide bonds. The van der Waals surface area contributed by atoms with Crippen LogP contribution in [0.15, 0.2) is 30.5 Å². The van der Waals surface area contributed by atoms with Gasteiger partial charge in [0, 0.05) is 51.5 Å². The second kappa shape index (κ2) is 7.45. The van der Waals surface area contributed by atoms with E-state index >= 15 is 0 Å². The summed E-state index contributed by atoms with van der Waals surface area (Å²) in [6.07, 6.45) is 2.99. The Morgan fingerprint density at radius 1 is 1.24 bits per heavy atom. The predicted octanol–water partition coefficient (Wildman–Crippen LogP) is 1.80. The van der Waals surface area contributed by atoms with Gasteiger partial charge in [-0.05, 0) is 44.8 Å². The van der Waals surface area contributed by atoms with Crippen LogP contribution >= 0.6 is 0 Å². The monoisotopic (exact) mass is 344 g/mol. The molecule has 0 radical (unpaired) electrons. The van der Waals surface area contributed by atoms with Gasteiger partial charge in [0.05, 0.1) is 12.2 Å². The van der Waals surface area contributed by atoms with E-state index in [9.17, 15) is 4.79 Å². The quantitative estimate of drug-likeness (QED) is 0.801. The van der Waals surface area contributed by atoms with Gasteiger partial charge in [0.1, 0.15) is 5.82 Å². The zero-order valence-corrected chi connectivity index (χ0v) is 15.6. The molecule has 0 N–H and O–H groups in total.